The first-order chi connectivity index (χ1) is 10.1. The van der Waals surface area contributed by atoms with E-state index >= 15 is 0 Å². The lowest BCUT2D eigenvalue weighted by Gasteiger charge is -2.12. The fraction of sp³-hybridized carbons (Fsp3) is 0.250. The lowest BCUT2D eigenvalue weighted by molar-refractivity contribution is 0.179. The fourth-order valence-corrected chi connectivity index (χ4v) is 3.75. The minimum absolute atomic E-state index is 0.520. The Morgan fingerprint density at radius 1 is 1.29 bits per heavy atom. The molecule has 3 nitrogen and oxygen atoms in total. The Balaban J connectivity index is 1.98. The number of hydrogen-bond donors (Lipinski definition) is 1. The summed E-state index contributed by atoms with van der Waals surface area (Å²) in [5, 5.41) is 12.6. The summed E-state index contributed by atoms with van der Waals surface area (Å²) in [6.45, 7) is 4.05. The van der Waals surface area contributed by atoms with Crippen LogP contribution in [0.1, 0.15) is 27.2 Å². The highest BCUT2D eigenvalue weighted by Gasteiger charge is 2.16. The number of aliphatic hydroxyl groups is 1. The average Bonchev–Trinajstić information content (AvgIpc) is 2.77. The van der Waals surface area contributed by atoms with E-state index in [4.69, 9.17) is 0 Å². The van der Waals surface area contributed by atoms with Gasteiger partial charge in [0.15, 0.2) is 0 Å². The third-order valence-corrected chi connectivity index (χ3v) is 5.33. The first-order valence-electron chi connectivity index (χ1n) is 6.70. The topological polar surface area (TPSA) is 46.0 Å². The first-order valence-corrected chi connectivity index (χ1v) is 8.31. The van der Waals surface area contributed by atoms with E-state index in [1.165, 1.54) is 4.88 Å². The first kappa shape index (κ1) is 14.6. The molecular weight excluding hydrogens is 348 g/mol. The molecule has 0 fully saturated rings. The second-order valence-electron chi connectivity index (χ2n) is 5.01. The maximum absolute atomic E-state index is 10.6. The van der Waals surface area contributed by atoms with Gasteiger partial charge in [0, 0.05) is 32.9 Å². The number of aryl methyl sites for hydroxylation is 2. The van der Waals surface area contributed by atoms with Crippen LogP contribution in [0.4, 0.5) is 0 Å². The molecule has 1 aromatic carbocycles. The van der Waals surface area contributed by atoms with E-state index < -0.39 is 6.10 Å². The van der Waals surface area contributed by atoms with Gasteiger partial charge in [0.2, 0.25) is 0 Å². The van der Waals surface area contributed by atoms with Crippen molar-refractivity contribution in [2.45, 2.75) is 26.4 Å². The number of benzene rings is 1. The van der Waals surface area contributed by atoms with Gasteiger partial charge in [0.05, 0.1) is 22.3 Å². The number of halogens is 1. The standard InChI is InChI=1S/C16H15BrN2OS/c1-9-10(2)21-15(19-9)8-14(20)12-5-6-13(17)11-4-3-7-18-16(11)12/h3-7,14,20H,8H2,1-2H3. The maximum atomic E-state index is 10.6. The van der Waals surface area contributed by atoms with Crippen LogP contribution in [0.25, 0.3) is 10.9 Å². The largest absolute Gasteiger partial charge is 0.388 e. The number of pyridine rings is 1. The van der Waals surface area contributed by atoms with E-state index in [0.29, 0.717) is 6.42 Å². The van der Waals surface area contributed by atoms with Crippen LogP contribution in [0.15, 0.2) is 34.9 Å². The zero-order chi connectivity index (χ0) is 15.0. The van der Waals surface area contributed by atoms with E-state index in [1.54, 1.807) is 17.5 Å². The lowest BCUT2D eigenvalue weighted by Crippen LogP contribution is -2.03. The molecule has 3 rings (SSSR count). The van der Waals surface area contributed by atoms with Crippen LogP contribution in [0.3, 0.4) is 0 Å². The molecule has 21 heavy (non-hydrogen) atoms. The Hall–Kier alpha value is -1.30. The van der Waals surface area contributed by atoms with Crippen molar-refractivity contribution in [3.8, 4) is 0 Å². The van der Waals surface area contributed by atoms with Crippen LogP contribution >= 0.6 is 27.3 Å². The summed E-state index contributed by atoms with van der Waals surface area (Å²) in [5.74, 6) is 0. The molecule has 108 valence electrons. The summed E-state index contributed by atoms with van der Waals surface area (Å²) < 4.78 is 0.988. The molecule has 0 saturated heterocycles. The number of aromatic nitrogens is 2. The van der Waals surface area contributed by atoms with Gasteiger partial charge in [0.1, 0.15) is 0 Å². The molecule has 0 bridgehead atoms. The van der Waals surface area contributed by atoms with E-state index in [9.17, 15) is 5.11 Å². The number of nitrogens with zero attached hydrogens (tertiary/aromatic N) is 2. The number of fused-ring (bicyclic) bond motifs is 1. The minimum Gasteiger partial charge on any atom is -0.388 e. The smallest absolute Gasteiger partial charge is 0.0960 e. The second kappa shape index (κ2) is 5.83. The van der Waals surface area contributed by atoms with Crippen LogP contribution in [0.2, 0.25) is 0 Å². The van der Waals surface area contributed by atoms with Crippen molar-refractivity contribution in [2.75, 3.05) is 0 Å². The van der Waals surface area contributed by atoms with Gasteiger partial charge in [-0.1, -0.05) is 28.1 Å². The van der Waals surface area contributed by atoms with Gasteiger partial charge in [-0.05, 0) is 26.0 Å². The highest BCUT2D eigenvalue weighted by atomic mass is 79.9. The van der Waals surface area contributed by atoms with Gasteiger partial charge < -0.3 is 5.11 Å². The Labute approximate surface area is 135 Å². The number of hydrogen-bond acceptors (Lipinski definition) is 4. The normalized spacial score (nSPS) is 12.8. The molecule has 5 heteroatoms. The predicted molar refractivity (Wildman–Crippen MR) is 89.7 cm³/mol. The van der Waals surface area contributed by atoms with Crippen LogP contribution in [0.5, 0.6) is 0 Å². The molecule has 1 atom stereocenters. The van der Waals surface area contributed by atoms with Gasteiger partial charge in [-0.3, -0.25) is 4.98 Å². The van der Waals surface area contributed by atoms with Crippen LogP contribution in [0, 0.1) is 13.8 Å². The molecule has 0 saturated carbocycles. The quantitative estimate of drug-likeness (QED) is 0.753. The van der Waals surface area contributed by atoms with Gasteiger partial charge >= 0.3 is 0 Å². The minimum atomic E-state index is -0.597. The number of aliphatic hydroxyl groups excluding tert-OH is 1. The third kappa shape index (κ3) is 2.86. The average molecular weight is 363 g/mol. The van der Waals surface area contributed by atoms with Crippen LogP contribution in [-0.2, 0) is 6.42 Å². The summed E-state index contributed by atoms with van der Waals surface area (Å²) in [6.07, 6.45) is 1.68. The molecule has 2 aromatic heterocycles. The van der Waals surface area contributed by atoms with Crippen molar-refractivity contribution in [1.82, 2.24) is 9.97 Å². The molecule has 1 unspecified atom stereocenters. The van der Waals surface area contributed by atoms with Gasteiger partial charge in [-0.15, -0.1) is 11.3 Å². The van der Waals surface area contributed by atoms with E-state index in [-0.39, 0.29) is 0 Å². The summed E-state index contributed by atoms with van der Waals surface area (Å²) in [5.41, 5.74) is 2.73. The summed E-state index contributed by atoms with van der Waals surface area (Å²) in [6, 6.07) is 7.79. The SMILES string of the molecule is Cc1nc(CC(O)c2ccc(Br)c3cccnc23)sc1C. The number of thiazole rings is 1. The van der Waals surface area contributed by atoms with Crippen molar-refractivity contribution in [1.29, 1.82) is 0 Å². The molecule has 3 aromatic rings. The van der Waals surface area contributed by atoms with E-state index in [0.717, 1.165) is 31.6 Å². The fourth-order valence-electron chi connectivity index (χ4n) is 2.33. The van der Waals surface area contributed by atoms with Crippen LogP contribution in [-0.4, -0.2) is 15.1 Å². The Bertz CT molecular complexity index is 781. The monoisotopic (exact) mass is 362 g/mol. The molecular formula is C16H15BrN2OS. The van der Waals surface area contributed by atoms with Crippen molar-refractivity contribution >= 4 is 38.2 Å². The lowest BCUT2D eigenvalue weighted by atomic mass is 10.0. The summed E-state index contributed by atoms with van der Waals surface area (Å²) >= 11 is 5.17. The highest BCUT2D eigenvalue weighted by Crippen LogP contribution is 2.31. The highest BCUT2D eigenvalue weighted by molar-refractivity contribution is 9.10. The van der Waals surface area contributed by atoms with Crippen molar-refractivity contribution in [2.24, 2.45) is 0 Å². The molecule has 2 heterocycles. The van der Waals surface area contributed by atoms with Crippen molar-refractivity contribution in [3.05, 3.63) is 56.1 Å². The second-order valence-corrected chi connectivity index (χ2v) is 7.15. The molecule has 1 N–H and O–H groups in total. The zero-order valence-electron chi connectivity index (χ0n) is 11.8. The van der Waals surface area contributed by atoms with Gasteiger partial charge in [0.25, 0.3) is 0 Å². The van der Waals surface area contributed by atoms with E-state index in [2.05, 4.69) is 32.8 Å². The van der Waals surface area contributed by atoms with E-state index in [1.807, 2.05) is 31.2 Å². The molecule has 0 aliphatic carbocycles. The van der Waals surface area contributed by atoms with Crippen molar-refractivity contribution < 1.29 is 5.11 Å². The Morgan fingerprint density at radius 3 is 2.81 bits per heavy atom. The third-order valence-electron chi connectivity index (χ3n) is 3.55. The maximum Gasteiger partial charge on any atom is 0.0960 e. The number of rotatable bonds is 3. The Kier molecular flexibility index (Phi) is 4.06. The predicted octanol–water partition coefficient (Wildman–Crippen LogP) is 4.35. The van der Waals surface area contributed by atoms with Gasteiger partial charge in [-0.25, -0.2) is 4.98 Å². The zero-order valence-corrected chi connectivity index (χ0v) is 14.2. The summed E-state index contributed by atoms with van der Waals surface area (Å²) in [7, 11) is 0. The molecule has 0 aliphatic heterocycles. The molecule has 0 aliphatic rings. The van der Waals surface area contributed by atoms with Gasteiger partial charge in [-0.2, -0.15) is 0 Å². The molecule has 0 amide bonds. The molecule has 0 spiro atoms. The molecule has 0 radical (unpaired) electrons. The Morgan fingerprint density at radius 2 is 2.10 bits per heavy atom. The summed E-state index contributed by atoms with van der Waals surface area (Å²) in [4.78, 5) is 10.1. The van der Waals surface area contributed by atoms with Crippen LogP contribution < -0.4 is 0 Å². The van der Waals surface area contributed by atoms with Crippen molar-refractivity contribution in [3.63, 3.8) is 0 Å².